The minimum atomic E-state index is -0.536. The Bertz CT molecular complexity index is 704. The fraction of sp³-hybridized carbons (Fsp3) is 0.931. The summed E-state index contributed by atoms with van der Waals surface area (Å²) in [4.78, 5) is 0. The van der Waals surface area contributed by atoms with Gasteiger partial charge in [0.15, 0.2) is 0 Å². The zero-order chi connectivity index (χ0) is 22.8. The van der Waals surface area contributed by atoms with Crippen LogP contribution in [-0.2, 0) is 0 Å². The Hall–Kier alpha value is -0.340. The molecule has 2 nitrogen and oxygen atoms in total. The molecule has 0 amide bonds. The van der Waals surface area contributed by atoms with Gasteiger partial charge in [0, 0.05) is 0 Å². The monoisotopic (exact) mass is 430 g/mol. The second-order valence-electron chi connectivity index (χ2n) is 13.7. The molecular formula is C29H50O2. The topological polar surface area (TPSA) is 40.5 Å². The van der Waals surface area contributed by atoms with E-state index in [4.69, 9.17) is 0 Å². The minimum absolute atomic E-state index is 0.322. The zero-order valence-corrected chi connectivity index (χ0v) is 21.5. The van der Waals surface area contributed by atoms with E-state index in [0.29, 0.717) is 22.7 Å². The van der Waals surface area contributed by atoms with Crippen molar-refractivity contribution in [1.29, 1.82) is 0 Å². The number of hydrogen-bond donors (Lipinski definition) is 2. The molecule has 0 aromatic rings. The normalized spacial score (nSPS) is 47.7. The second kappa shape index (κ2) is 7.86. The van der Waals surface area contributed by atoms with Crippen molar-refractivity contribution in [3.05, 3.63) is 11.6 Å². The van der Waals surface area contributed by atoms with Gasteiger partial charge in [0.25, 0.3) is 0 Å². The van der Waals surface area contributed by atoms with Gasteiger partial charge in [0.1, 0.15) is 0 Å². The van der Waals surface area contributed by atoms with Crippen LogP contribution in [0.1, 0.15) is 113 Å². The third-order valence-electron chi connectivity index (χ3n) is 11.5. The number of fused-ring (bicyclic) bond motifs is 5. The lowest BCUT2D eigenvalue weighted by molar-refractivity contribution is -0.0721. The van der Waals surface area contributed by atoms with Crippen molar-refractivity contribution >= 4 is 0 Å². The number of hydrogen-bond acceptors (Lipinski definition) is 2. The number of aliphatic hydroxyl groups is 2. The highest BCUT2D eigenvalue weighted by Crippen LogP contribution is 2.67. The molecule has 0 aliphatic heterocycles. The van der Waals surface area contributed by atoms with Crippen LogP contribution in [0, 0.1) is 46.3 Å². The van der Waals surface area contributed by atoms with E-state index < -0.39 is 11.2 Å². The van der Waals surface area contributed by atoms with Crippen LogP contribution >= 0.6 is 0 Å². The van der Waals surface area contributed by atoms with Crippen LogP contribution in [0.4, 0.5) is 0 Å². The lowest BCUT2D eigenvalue weighted by Crippen LogP contribution is -2.52. The third kappa shape index (κ3) is 3.96. The van der Waals surface area contributed by atoms with Gasteiger partial charge in [-0.1, -0.05) is 46.3 Å². The summed E-state index contributed by atoms with van der Waals surface area (Å²) in [6.07, 6.45) is 14.5. The minimum Gasteiger partial charge on any atom is -0.390 e. The van der Waals surface area contributed by atoms with Crippen molar-refractivity contribution < 1.29 is 10.2 Å². The lowest BCUT2D eigenvalue weighted by atomic mass is 9.46. The molecule has 4 aliphatic rings. The molecule has 0 radical (unpaired) electrons. The van der Waals surface area contributed by atoms with E-state index in [1.54, 1.807) is 5.57 Å². The summed E-state index contributed by atoms with van der Waals surface area (Å²) in [7, 11) is 0. The molecule has 0 aromatic heterocycles. The van der Waals surface area contributed by atoms with Crippen molar-refractivity contribution in [2.45, 2.75) is 124 Å². The first kappa shape index (κ1) is 23.8. The van der Waals surface area contributed by atoms with Crippen molar-refractivity contribution in [3.8, 4) is 0 Å². The van der Waals surface area contributed by atoms with Gasteiger partial charge in [-0.25, -0.2) is 0 Å². The fourth-order valence-corrected chi connectivity index (χ4v) is 8.79. The van der Waals surface area contributed by atoms with Gasteiger partial charge in [0.2, 0.25) is 0 Å². The van der Waals surface area contributed by atoms with Crippen molar-refractivity contribution in [2.75, 3.05) is 0 Å². The van der Waals surface area contributed by atoms with Crippen LogP contribution in [0.25, 0.3) is 0 Å². The first-order valence-corrected chi connectivity index (χ1v) is 13.4. The molecular weight excluding hydrogens is 380 g/mol. The molecule has 9 unspecified atom stereocenters. The van der Waals surface area contributed by atoms with Crippen LogP contribution in [-0.4, -0.2) is 21.4 Å². The number of rotatable bonds is 5. The maximum Gasteiger partial charge on any atom is 0.0657 e. The third-order valence-corrected chi connectivity index (χ3v) is 11.5. The van der Waals surface area contributed by atoms with E-state index >= 15 is 0 Å². The predicted octanol–water partition coefficient (Wildman–Crippen LogP) is 7.14. The van der Waals surface area contributed by atoms with E-state index in [1.165, 1.54) is 38.5 Å². The average Bonchev–Trinajstić information content (AvgIpc) is 3.04. The van der Waals surface area contributed by atoms with Crippen LogP contribution in [0.5, 0.6) is 0 Å². The van der Waals surface area contributed by atoms with Crippen LogP contribution in [0.15, 0.2) is 11.6 Å². The van der Waals surface area contributed by atoms with Gasteiger partial charge in [-0.15, -0.1) is 0 Å². The summed E-state index contributed by atoms with van der Waals surface area (Å²) < 4.78 is 0. The van der Waals surface area contributed by atoms with Crippen LogP contribution < -0.4 is 0 Å². The number of allylic oxidation sites excluding steroid dienone is 1. The molecule has 178 valence electrons. The van der Waals surface area contributed by atoms with E-state index in [-0.39, 0.29) is 0 Å². The van der Waals surface area contributed by atoms with E-state index in [1.807, 2.05) is 13.8 Å². The molecule has 2 heteroatoms. The Morgan fingerprint density at radius 1 is 1.03 bits per heavy atom. The molecule has 0 saturated heterocycles. The SMILES string of the molecule is CC(CCC(C)(O)C(C)C)C1CCC2C3CC=C4CC(C)(O)CCC4(C)C3CCC12C. The summed E-state index contributed by atoms with van der Waals surface area (Å²) in [6.45, 7) is 16.0. The van der Waals surface area contributed by atoms with Gasteiger partial charge in [-0.3, -0.25) is 0 Å². The van der Waals surface area contributed by atoms with Crippen LogP contribution in [0.3, 0.4) is 0 Å². The highest BCUT2D eigenvalue weighted by Gasteiger charge is 2.59. The Labute approximate surface area is 192 Å². The standard InChI is InChI=1S/C29H50O2/c1-19(2)29(7,31)15-12-20(3)23-10-11-24-22-9-8-21-18-26(4,30)16-17-27(21,5)25(22)13-14-28(23,24)6/h8,19-20,22-25,30-31H,9-18H2,1-7H3. The van der Waals surface area contributed by atoms with Gasteiger partial charge >= 0.3 is 0 Å². The first-order valence-electron chi connectivity index (χ1n) is 13.4. The fourth-order valence-electron chi connectivity index (χ4n) is 8.79. The Balaban J connectivity index is 1.49. The zero-order valence-electron chi connectivity index (χ0n) is 21.5. The summed E-state index contributed by atoms with van der Waals surface area (Å²) in [5.41, 5.74) is 1.35. The van der Waals surface area contributed by atoms with Gasteiger partial charge in [-0.05, 0) is 124 Å². The Morgan fingerprint density at radius 2 is 1.74 bits per heavy atom. The molecule has 0 spiro atoms. The average molecular weight is 431 g/mol. The van der Waals surface area contributed by atoms with Crippen molar-refractivity contribution in [2.24, 2.45) is 46.3 Å². The summed E-state index contributed by atoms with van der Waals surface area (Å²) >= 11 is 0. The molecule has 4 aliphatic carbocycles. The summed E-state index contributed by atoms with van der Waals surface area (Å²) in [5, 5.41) is 21.5. The molecule has 3 saturated carbocycles. The summed E-state index contributed by atoms with van der Waals surface area (Å²) in [6, 6.07) is 0. The molecule has 9 atom stereocenters. The Kier molecular flexibility index (Phi) is 6.04. The van der Waals surface area contributed by atoms with Gasteiger partial charge in [0.05, 0.1) is 11.2 Å². The lowest BCUT2D eigenvalue weighted by Gasteiger charge is -2.59. The highest BCUT2D eigenvalue weighted by molar-refractivity contribution is 5.26. The molecule has 0 bridgehead atoms. The molecule has 0 heterocycles. The molecule has 3 fully saturated rings. The molecule has 0 aromatic carbocycles. The van der Waals surface area contributed by atoms with Gasteiger partial charge in [-0.2, -0.15) is 0 Å². The first-order chi connectivity index (χ1) is 14.3. The van der Waals surface area contributed by atoms with Gasteiger partial charge < -0.3 is 10.2 Å². The largest absolute Gasteiger partial charge is 0.390 e. The van der Waals surface area contributed by atoms with Crippen molar-refractivity contribution in [1.82, 2.24) is 0 Å². The van der Waals surface area contributed by atoms with Crippen molar-refractivity contribution in [3.63, 3.8) is 0 Å². The molecule has 31 heavy (non-hydrogen) atoms. The second-order valence-corrected chi connectivity index (χ2v) is 13.7. The molecule has 2 N–H and O–H groups in total. The maximum atomic E-state index is 10.8. The van der Waals surface area contributed by atoms with Crippen LogP contribution in [0.2, 0.25) is 0 Å². The summed E-state index contributed by atoms with van der Waals surface area (Å²) in [5.74, 6) is 4.35. The predicted molar refractivity (Wildman–Crippen MR) is 130 cm³/mol. The maximum absolute atomic E-state index is 10.8. The quantitative estimate of drug-likeness (QED) is 0.455. The molecule has 4 rings (SSSR count). The van der Waals surface area contributed by atoms with E-state index in [9.17, 15) is 10.2 Å². The Morgan fingerprint density at radius 3 is 2.42 bits per heavy atom. The smallest absolute Gasteiger partial charge is 0.0657 e. The van der Waals surface area contributed by atoms with E-state index in [0.717, 1.165) is 49.4 Å². The highest BCUT2D eigenvalue weighted by atomic mass is 16.3. The van der Waals surface area contributed by atoms with E-state index in [2.05, 4.69) is 40.7 Å².